The van der Waals surface area contributed by atoms with Gasteiger partial charge in [-0.25, -0.2) is 4.39 Å². The molecule has 0 amide bonds. The highest BCUT2D eigenvalue weighted by molar-refractivity contribution is 5.28. The van der Waals surface area contributed by atoms with E-state index in [-0.39, 0.29) is 6.42 Å². The van der Waals surface area contributed by atoms with Gasteiger partial charge in [-0.05, 0) is 18.2 Å². The molecule has 1 aromatic carbocycles. The third-order valence-corrected chi connectivity index (χ3v) is 2.08. The van der Waals surface area contributed by atoms with Gasteiger partial charge >= 0.3 is 6.18 Å². The standard InChI is InChI=1S/C10H10F4O2/c11-8-2-1-6(10(12,13)14)5-7(8)9(16)3-4-15/h1-2,5,9,15-16H,3-4H2. The second-order valence-electron chi connectivity index (χ2n) is 3.26. The lowest BCUT2D eigenvalue weighted by atomic mass is 10.0. The van der Waals surface area contributed by atoms with E-state index in [1.54, 1.807) is 0 Å². The Kier molecular flexibility index (Phi) is 3.88. The molecule has 0 aliphatic heterocycles. The number of aliphatic hydroxyl groups excluding tert-OH is 2. The van der Waals surface area contributed by atoms with Gasteiger partial charge in [-0.15, -0.1) is 0 Å². The summed E-state index contributed by atoms with van der Waals surface area (Å²) in [6.45, 7) is -0.434. The second-order valence-corrected chi connectivity index (χ2v) is 3.26. The van der Waals surface area contributed by atoms with Crippen molar-refractivity contribution in [1.82, 2.24) is 0 Å². The molecule has 1 aromatic rings. The van der Waals surface area contributed by atoms with Crippen LogP contribution in [0.5, 0.6) is 0 Å². The van der Waals surface area contributed by atoms with Gasteiger partial charge in [-0.1, -0.05) is 0 Å². The van der Waals surface area contributed by atoms with Crippen LogP contribution in [0.25, 0.3) is 0 Å². The van der Waals surface area contributed by atoms with Crippen LogP contribution in [0.1, 0.15) is 23.7 Å². The summed E-state index contributed by atoms with van der Waals surface area (Å²) < 4.78 is 50.0. The average molecular weight is 238 g/mol. The summed E-state index contributed by atoms with van der Waals surface area (Å²) >= 11 is 0. The maximum atomic E-state index is 13.1. The molecule has 0 aliphatic rings. The second kappa shape index (κ2) is 4.80. The molecule has 6 heteroatoms. The first-order valence-corrected chi connectivity index (χ1v) is 4.52. The molecule has 0 saturated carbocycles. The quantitative estimate of drug-likeness (QED) is 0.793. The van der Waals surface area contributed by atoms with Crippen molar-refractivity contribution in [1.29, 1.82) is 0 Å². The summed E-state index contributed by atoms with van der Waals surface area (Å²) in [7, 11) is 0. The molecule has 0 aliphatic carbocycles. The lowest BCUT2D eigenvalue weighted by molar-refractivity contribution is -0.137. The Labute approximate surface area is 89.1 Å². The highest BCUT2D eigenvalue weighted by Gasteiger charge is 2.31. The molecule has 0 heterocycles. The van der Waals surface area contributed by atoms with Gasteiger partial charge < -0.3 is 10.2 Å². The Morgan fingerprint density at radius 3 is 2.38 bits per heavy atom. The monoisotopic (exact) mass is 238 g/mol. The third-order valence-electron chi connectivity index (χ3n) is 2.08. The fourth-order valence-electron chi connectivity index (χ4n) is 1.25. The third kappa shape index (κ3) is 2.93. The molecule has 16 heavy (non-hydrogen) atoms. The normalized spacial score (nSPS) is 13.9. The first-order chi connectivity index (χ1) is 7.36. The Morgan fingerprint density at radius 2 is 1.88 bits per heavy atom. The molecule has 90 valence electrons. The molecule has 2 N–H and O–H groups in total. The summed E-state index contributed by atoms with van der Waals surface area (Å²) in [5.41, 5.74) is -1.48. The number of aliphatic hydroxyl groups is 2. The van der Waals surface area contributed by atoms with Crippen LogP contribution >= 0.6 is 0 Å². The van der Waals surface area contributed by atoms with E-state index in [9.17, 15) is 22.7 Å². The Bertz CT molecular complexity index is 362. The molecule has 0 saturated heterocycles. The fourth-order valence-corrected chi connectivity index (χ4v) is 1.25. The summed E-state index contributed by atoms with van der Waals surface area (Å²) in [5.74, 6) is -0.922. The van der Waals surface area contributed by atoms with Crippen molar-refractivity contribution in [2.24, 2.45) is 0 Å². The van der Waals surface area contributed by atoms with E-state index in [4.69, 9.17) is 5.11 Å². The average Bonchev–Trinajstić information content (AvgIpc) is 2.16. The minimum Gasteiger partial charge on any atom is -0.396 e. The van der Waals surface area contributed by atoms with E-state index in [0.29, 0.717) is 18.2 Å². The number of hydrogen-bond donors (Lipinski definition) is 2. The Hall–Kier alpha value is -1.14. The van der Waals surface area contributed by atoms with Crippen LogP contribution in [0.2, 0.25) is 0 Å². The van der Waals surface area contributed by atoms with Crippen molar-refractivity contribution in [3.8, 4) is 0 Å². The molecular formula is C10H10F4O2. The van der Waals surface area contributed by atoms with Crippen molar-refractivity contribution < 1.29 is 27.8 Å². The summed E-state index contributed by atoms with van der Waals surface area (Å²) in [6.07, 6.45) is -6.23. The maximum Gasteiger partial charge on any atom is 0.416 e. The lowest BCUT2D eigenvalue weighted by Crippen LogP contribution is -2.09. The van der Waals surface area contributed by atoms with Crippen LogP contribution in [-0.2, 0) is 6.18 Å². The minimum atomic E-state index is -4.58. The van der Waals surface area contributed by atoms with Gasteiger partial charge in [0.2, 0.25) is 0 Å². The maximum absolute atomic E-state index is 13.1. The fraction of sp³-hybridized carbons (Fsp3) is 0.400. The highest BCUT2D eigenvalue weighted by atomic mass is 19.4. The smallest absolute Gasteiger partial charge is 0.396 e. The largest absolute Gasteiger partial charge is 0.416 e. The molecular weight excluding hydrogens is 228 g/mol. The van der Waals surface area contributed by atoms with E-state index in [1.807, 2.05) is 0 Å². The first kappa shape index (κ1) is 12.9. The van der Waals surface area contributed by atoms with Crippen molar-refractivity contribution >= 4 is 0 Å². The van der Waals surface area contributed by atoms with Gasteiger partial charge in [0, 0.05) is 18.6 Å². The van der Waals surface area contributed by atoms with Gasteiger partial charge in [0.15, 0.2) is 0 Å². The number of rotatable bonds is 3. The molecule has 0 fully saturated rings. The van der Waals surface area contributed by atoms with Crippen molar-refractivity contribution in [3.63, 3.8) is 0 Å². The van der Waals surface area contributed by atoms with Gasteiger partial charge in [0.1, 0.15) is 5.82 Å². The van der Waals surface area contributed by atoms with E-state index >= 15 is 0 Å². The summed E-state index contributed by atoms with van der Waals surface area (Å²) in [6, 6.07) is 1.80. The zero-order valence-corrected chi connectivity index (χ0v) is 8.13. The molecule has 1 rings (SSSR count). The van der Waals surface area contributed by atoms with Crippen molar-refractivity contribution in [2.45, 2.75) is 18.7 Å². The predicted octanol–water partition coefficient (Wildman–Crippen LogP) is 2.26. The lowest BCUT2D eigenvalue weighted by Gasteiger charge is -2.13. The molecule has 0 radical (unpaired) electrons. The first-order valence-electron chi connectivity index (χ1n) is 4.52. The Morgan fingerprint density at radius 1 is 1.25 bits per heavy atom. The van der Waals surface area contributed by atoms with Crippen molar-refractivity contribution in [3.05, 3.63) is 35.1 Å². The van der Waals surface area contributed by atoms with E-state index in [2.05, 4.69) is 0 Å². The zero-order chi connectivity index (χ0) is 12.3. The zero-order valence-electron chi connectivity index (χ0n) is 8.13. The predicted molar refractivity (Wildman–Crippen MR) is 48.1 cm³/mol. The number of hydrogen-bond acceptors (Lipinski definition) is 2. The molecule has 0 aromatic heterocycles. The molecule has 1 atom stereocenters. The Balaban J connectivity index is 3.09. The summed E-state index contributed by atoms with van der Waals surface area (Å²) in [5, 5.41) is 17.8. The van der Waals surface area contributed by atoms with Gasteiger partial charge in [0.25, 0.3) is 0 Å². The number of alkyl halides is 3. The van der Waals surface area contributed by atoms with Crippen LogP contribution in [-0.4, -0.2) is 16.8 Å². The SMILES string of the molecule is OCCC(O)c1cc(C(F)(F)F)ccc1F. The van der Waals surface area contributed by atoms with Crippen LogP contribution < -0.4 is 0 Å². The molecule has 0 bridgehead atoms. The summed E-state index contributed by atoms with van der Waals surface area (Å²) in [4.78, 5) is 0. The van der Waals surface area contributed by atoms with E-state index in [0.717, 1.165) is 0 Å². The number of benzene rings is 1. The van der Waals surface area contributed by atoms with E-state index in [1.165, 1.54) is 0 Å². The van der Waals surface area contributed by atoms with E-state index < -0.39 is 35.8 Å². The number of halogens is 4. The molecule has 2 nitrogen and oxygen atoms in total. The van der Waals surface area contributed by atoms with Crippen LogP contribution in [0.15, 0.2) is 18.2 Å². The van der Waals surface area contributed by atoms with Crippen LogP contribution in [0, 0.1) is 5.82 Å². The van der Waals surface area contributed by atoms with Gasteiger partial charge in [-0.3, -0.25) is 0 Å². The van der Waals surface area contributed by atoms with Gasteiger partial charge in [-0.2, -0.15) is 13.2 Å². The highest BCUT2D eigenvalue weighted by Crippen LogP contribution is 2.32. The topological polar surface area (TPSA) is 40.5 Å². The molecule has 1 unspecified atom stereocenters. The minimum absolute atomic E-state index is 0.210. The van der Waals surface area contributed by atoms with Crippen molar-refractivity contribution in [2.75, 3.05) is 6.61 Å². The van der Waals surface area contributed by atoms with Crippen LogP contribution in [0.3, 0.4) is 0 Å². The van der Waals surface area contributed by atoms with Gasteiger partial charge in [0.05, 0.1) is 11.7 Å². The van der Waals surface area contributed by atoms with Crippen LogP contribution in [0.4, 0.5) is 17.6 Å². The molecule has 0 spiro atoms.